The van der Waals surface area contributed by atoms with Gasteiger partial charge in [-0.25, -0.2) is 9.37 Å². The van der Waals surface area contributed by atoms with E-state index in [0.29, 0.717) is 12.1 Å². The van der Waals surface area contributed by atoms with Crippen LogP contribution in [0.3, 0.4) is 0 Å². The molecule has 0 radical (unpaired) electrons. The van der Waals surface area contributed by atoms with Gasteiger partial charge in [-0.15, -0.1) is 0 Å². The van der Waals surface area contributed by atoms with Crippen molar-refractivity contribution in [2.24, 2.45) is 5.10 Å². The van der Waals surface area contributed by atoms with Crippen molar-refractivity contribution in [1.29, 1.82) is 0 Å². The summed E-state index contributed by atoms with van der Waals surface area (Å²) in [6, 6.07) is 6.29. The molecule has 3 rings (SSSR count). The number of nitrogens with one attached hydrogen (secondary N) is 1. The summed E-state index contributed by atoms with van der Waals surface area (Å²) < 4.78 is 91.9. The van der Waals surface area contributed by atoms with Gasteiger partial charge in [-0.1, -0.05) is 12.1 Å². The lowest BCUT2D eigenvalue weighted by Gasteiger charge is -2.15. The zero-order chi connectivity index (χ0) is 21.4. The van der Waals surface area contributed by atoms with Gasteiger partial charge in [0, 0.05) is 17.0 Å². The van der Waals surface area contributed by atoms with Gasteiger partial charge in [0.25, 0.3) is 0 Å². The molecule has 0 bridgehead atoms. The zero-order valence-electron chi connectivity index (χ0n) is 14.1. The number of halogens is 7. The number of phenols is 1. The largest absolute Gasteiger partial charge is 0.507 e. The number of pyridine rings is 1. The lowest BCUT2D eigenvalue weighted by atomic mass is 10.1. The Balaban J connectivity index is 2.09. The van der Waals surface area contributed by atoms with E-state index >= 15 is 0 Å². The minimum absolute atomic E-state index is 0.0317. The molecular weight excluding hydrogens is 407 g/mol. The number of rotatable bonds is 3. The number of aromatic hydroxyl groups is 1. The van der Waals surface area contributed by atoms with E-state index in [-0.39, 0.29) is 16.6 Å². The van der Waals surface area contributed by atoms with E-state index in [2.05, 4.69) is 15.5 Å². The monoisotopic (exact) mass is 417 g/mol. The van der Waals surface area contributed by atoms with E-state index in [9.17, 15) is 35.8 Å². The number of alkyl halides is 6. The van der Waals surface area contributed by atoms with Crippen LogP contribution in [0.2, 0.25) is 0 Å². The molecule has 0 aliphatic heterocycles. The molecular formula is C18H10F7N3O. The van der Waals surface area contributed by atoms with Crippen LogP contribution in [0.1, 0.15) is 16.8 Å². The molecule has 2 N–H and O–H groups in total. The summed E-state index contributed by atoms with van der Waals surface area (Å²) in [5.74, 6) is -1.20. The fourth-order valence-corrected chi connectivity index (χ4v) is 2.51. The molecule has 3 aromatic rings. The van der Waals surface area contributed by atoms with Crippen molar-refractivity contribution < 1.29 is 35.8 Å². The highest BCUT2D eigenvalue weighted by Gasteiger charge is 2.37. The van der Waals surface area contributed by atoms with Crippen LogP contribution in [-0.2, 0) is 12.4 Å². The summed E-state index contributed by atoms with van der Waals surface area (Å²) >= 11 is 0. The number of benzene rings is 2. The van der Waals surface area contributed by atoms with Crippen molar-refractivity contribution in [3.8, 4) is 5.75 Å². The summed E-state index contributed by atoms with van der Waals surface area (Å²) in [7, 11) is 0. The molecule has 1 heterocycles. The minimum atomic E-state index is -5.00. The predicted octanol–water partition coefficient (Wildman–Crippen LogP) is 5.56. The highest BCUT2D eigenvalue weighted by Crippen LogP contribution is 2.39. The summed E-state index contributed by atoms with van der Waals surface area (Å²) in [6.07, 6.45) is -8.94. The number of hydrogen-bond donors (Lipinski definition) is 2. The second-order valence-electron chi connectivity index (χ2n) is 5.83. The van der Waals surface area contributed by atoms with Gasteiger partial charge in [-0.05, 0) is 24.3 Å². The summed E-state index contributed by atoms with van der Waals surface area (Å²) in [5, 5.41) is 13.0. The van der Waals surface area contributed by atoms with Crippen LogP contribution in [0, 0.1) is 5.82 Å². The van der Waals surface area contributed by atoms with Crippen molar-refractivity contribution in [2.45, 2.75) is 12.4 Å². The number of nitrogens with zero attached hydrogens (tertiary/aromatic N) is 2. The fourth-order valence-electron chi connectivity index (χ4n) is 2.51. The van der Waals surface area contributed by atoms with Gasteiger partial charge in [-0.2, -0.15) is 31.4 Å². The van der Waals surface area contributed by atoms with E-state index in [1.54, 1.807) is 0 Å². The van der Waals surface area contributed by atoms with Crippen LogP contribution in [0.15, 0.2) is 47.6 Å². The third kappa shape index (κ3) is 4.39. The zero-order valence-corrected chi connectivity index (χ0v) is 14.1. The predicted molar refractivity (Wildman–Crippen MR) is 91.0 cm³/mol. The molecule has 29 heavy (non-hydrogen) atoms. The molecule has 0 aliphatic rings. The normalized spacial score (nSPS) is 12.7. The Hall–Kier alpha value is -3.37. The standard InChI is InChI=1S/C18H10F7N3O/c19-10-5-4-9(14(29)6-10)8-26-28-13-7-15(18(23,24)25)27-16-11(13)2-1-3-12(16)17(20,21)22/h1-8,29H,(H,27,28)/b26-8+. The molecule has 0 fully saturated rings. The van der Waals surface area contributed by atoms with Gasteiger partial charge < -0.3 is 5.11 Å². The quantitative estimate of drug-likeness (QED) is 0.333. The maximum Gasteiger partial charge on any atom is 0.433 e. The second kappa shape index (κ2) is 7.22. The number of aromatic nitrogens is 1. The Labute approximate surface area is 158 Å². The lowest BCUT2D eigenvalue weighted by Crippen LogP contribution is -2.12. The maximum absolute atomic E-state index is 13.2. The first-order valence-electron chi connectivity index (χ1n) is 7.82. The van der Waals surface area contributed by atoms with E-state index in [1.807, 2.05) is 0 Å². The van der Waals surface area contributed by atoms with Crippen LogP contribution in [0.5, 0.6) is 5.75 Å². The first-order chi connectivity index (χ1) is 13.5. The second-order valence-corrected chi connectivity index (χ2v) is 5.83. The molecule has 0 unspecified atom stereocenters. The number of hydrazone groups is 1. The molecule has 11 heteroatoms. The molecule has 0 aliphatic carbocycles. The number of para-hydroxylation sites is 1. The topological polar surface area (TPSA) is 57.5 Å². The highest BCUT2D eigenvalue weighted by atomic mass is 19.4. The lowest BCUT2D eigenvalue weighted by molar-refractivity contribution is -0.142. The van der Waals surface area contributed by atoms with Crippen molar-refractivity contribution >= 4 is 22.8 Å². The van der Waals surface area contributed by atoms with Gasteiger partial charge in [-0.3, -0.25) is 5.43 Å². The molecule has 0 amide bonds. The van der Waals surface area contributed by atoms with Crippen molar-refractivity contribution in [1.82, 2.24) is 4.98 Å². The Bertz CT molecular complexity index is 1090. The van der Waals surface area contributed by atoms with Crippen LogP contribution in [0.25, 0.3) is 10.9 Å². The summed E-state index contributed by atoms with van der Waals surface area (Å²) in [5.41, 5.74) is -1.88. The average Bonchev–Trinajstić information content (AvgIpc) is 2.61. The average molecular weight is 417 g/mol. The van der Waals surface area contributed by atoms with Gasteiger partial charge in [0.15, 0.2) is 0 Å². The fraction of sp³-hybridized carbons (Fsp3) is 0.111. The number of phenolic OH excluding ortho intramolecular Hbond substituents is 1. The van der Waals surface area contributed by atoms with Crippen molar-refractivity contribution in [3.05, 3.63) is 65.1 Å². The first-order valence-corrected chi connectivity index (χ1v) is 7.82. The van der Waals surface area contributed by atoms with E-state index < -0.39 is 40.7 Å². The van der Waals surface area contributed by atoms with E-state index in [4.69, 9.17) is 0 Å². The molecule has 0 spiro atoms. The van der Waals surface area contributed by atoms with Crippen LogP contribution >= 0.6 is 0 Å². The number of fused-ring (bicyclic) bond motifs is 1. The van der Waals surface area contributed by atoms with Crippen LogP contribution < -0.4 is 5.43 Å². The van der Waals surface area contributed by atoms with Gasteiger partial charge in [0.1, 0.15) is 17.3 Å². The molecule has 0 atom stereocenters. The smallest absolute Gasteiger partial charge is 0.433 e. The molecule has 0 saturated carbocycles. The molecule has 4 nitrogen and oxygen atoms in total. The summed E-state index contributed by atoms with van der Waals surface area (Å²) in [4.78, 5) is 3.15. The third-order valence-corrected chi connectivity index (χ3v) is 3.82. The number of hydrogen-bond acceptors (Lipinski definition) is 4. The molecule has 1 aromatic heterocycles. The van der Waals surface area contributed by atoms with Crippen molar-refractivity contribution in [3.63, 3.8) is 0 Å². The van der Waals surface area contributed by atoms with Gasteiger partial charge >= 0.3 is 12.4 Å². The Morgan fingerprint density at radius 1 is 0.966 bits per heavy atom. The van der Waals surface area contributed by atoms with Crippen LogP contribution in [-0.4, -0.2) is 16.3 Å². The molecule has 2 aromatic carbocycles. The molecule has 0 saturated heterocycles. The summed E-state index contributed by atoms with van der Waals surface area (Å²) in [6.45, 7) is 0. The first kappa shape index (κ1) is 20.4. The van der Waals surface area contributed by atoms with Crippen LogP contribution in [0.4, 0.5) is 36.4 Å². The minimum Gasteiger partial charge on any atom is -0.507 e. The maximum atomic E-state index is 13.2. The Kier molecular flexibility index (Phi) is 5.07. The third-order valence-electron chi connectivity index (χ3n) is 3.82. The highest BCUT2D eigenvalue weighted by molar-refractivity contribution is 5.94. The molecule has 152 valence electrons. The van der Waals surface area contributed by atoms with Gasteiger partial charge in [0.05, 0.1) is 23.0 Å². The van der Waals surface area contributed by atoms with E-state index in [0.717, 1.165) is 36.5 Å². The number of anilines is 1. The van der Waals surface area contributed by atoms with E-state index in [1.165, 1.54) is 0 Å². The Morgan fingerprint density at radius 2 is 1.69 bits per heavy atom. The van der Waals surface area contributed by atoms with Gasteiger partial charge in [0.2, 0.25) is 0 Å². The Morgan fingerprint density at radius 3 is 2.31 bits per heavy atom. The SMILES string of the molecule is Oc1cc(F)ccc1/C=N/Nc1cc(C(F)(F)F)nc2c(C(F)(F)F)cccc12. The van der Waals surface area contributed by atoms with Crippen molar-refractivity contribution in [2.75, 3.05) is 5.43 Å².